The quantitative estimate of drug-likeness (QED) is 0.660. The molecule has 1 saturated carbocycles. The van der Waals surface area contributed by atoms with Gasteiger partial charge in [-0.3, -0.25) is 4.79 Å². The van der Waals surface area contributed by atoms with E-state index in [9.17, 15) is 4.79 Å². The van der Waals surface area contributed by atoms with Crippen LogP contribution in [0.25, 0.3) is 0 Å². The molecule has 0 aromatic heterocycles. The standard InChI is InChI=1S/C11H12O2/c1-13-10-6-4-9(5-7-10)11(12)8-2-3-8/h4-8H,2-3H2,1H3. The lowest BCUT2D eigenvalue weighted by atomic mass is 10.1. The van der Waals surface area contributed by atoms with Crippen molar-refractivity contribution >= 4 is 5.78 Å². The topological polar surface area (TPSA) is 26.3 Å². The molecule has 0 saturated heterocycles. The lowest BCUT2D eigenvalue weighted by Crippen LogP contribution is -2.00. The monoisotopic (exact) mass is 176 g/mol. The van der Waals surface area contributed by atoms with Crippen molar-refractivity contribution < 1.29 is 9.53 Å². The third kappa shape index (κ3) is 1.72. The van der Waals surface area contributed by atoms with Crippen molar-refractivity contribution in [3.8, 4) is 5.75 Å². The Balaban J connectivity index is 2.16. The van der Waals surface area contributed by atoms with Crippen LogP contribution in [0.1, 0.15) is 23.2 Å². The Morgan fingerprint density at radius 3 is 2.38 bits per heavy atom. The molecular weight excluding hydrogens is 164 g/mol. The predicted octanol–water partition coefficient (Wildman–Crippen LogP) is 2.29. The summed E-state index contributed by atoms with van der Waals surface area (Å²) in [6.45, 7) is 0. The highest BCUT2D eigenvalue weighted by Crippen LogP contribution is 2.32. The molecule has 0 aliphatic heterocycles. The summed E-state index contributed by atoms with van der Waals surface area (Å²) in [5.74, 6) is 1.38. The van der Waals surface area contributed by atoms with Crippen LogP contribution >= 0.6 is 0 Å². The van der Waals surface area contributed by atoms with Crippen LogP contribution in [0.15, 0.2) is 24.3 Å². The summed E-state index contributed by atoms with van der Waals surface area (Å²) in [6.07, 6.45) is 2.12. The van der Waals surface area contributed by atoms with Crippen LogP contribution in [0.3, 0.4) is 0 Å². The van der Waals surface area contributed by atoms with Crippen LogP contribution in [0.4, 0.5) is 0 Å². The Labute approximate surface area is 77.5 Å². The van der Waals surface area contributed by atoms with E-state index in [0.717, 1.165) is 24.2 Å². The van der Waals surface area contributed by atoms with Gasteiger partial charge in [-0.15, -0.1) is 0 Å². The summed E-state index contributed by atoms with van der Waals surface area (Å²) >= 11 is 0. The molecule has 0 radical (unpaired) electrons. The molecule has 0 N–H and O–H groups in total. The molecule has 1 fully saturated rings. The number of Topliss-reactive ketones (excluding diaryl/α,β-unsaturated/α-hetero) is 1. The molecule has 1 aliphatic carbocycles. The fraction of sp³-hybridized carbons (Fsp3) is 0.364. The van der Waals surface area contributed by atoms with E-state index in [2.05, 4.69) is 0 Å². The minimum Gasteiger partial charge on any atom is -0.497 e. The van der Waals surface area contributed by atoms with E-state index in [1.807, 2.05) is 24.3 Å². The number of ketones is 1. The van der Waals surface area contributed by atoms with Crippen LogP contribution in [0.2, 0.25) is 0 Å². The van der Waals surface area contributed by atoms with Crippen molar-refractivity contribution in [3.63, 3.8) is 0 Å². The normalized spacial score (nSPS) is 15.5. The van der Waals surface area contributed by atoms with Crippen molar-refractivity contribution in [2.75, 3.05) is 7.11 Å². The van der Waals surface area contributed by atoms with E-state index in [-0.39, 0.29) is 5.78 Å². The van der Waals surface area contributed by atoms with Crippen molar-refractivity contribution in [2.24, 2.45) is 5.92 Å². The van der Waals surface area contributed by atoms with Crippen molar-refractivity contribution in [3.05, 3.63) is 29.8 Å². The van der Waals surface area contributed by atoms with Crippen LogP contribution in [-0.2, 0) is 0 Å². The number of benzene rings is 1. The second kappa shape index (κ2) is 3.21. The molecule has 1 aromatic rings. The van der Waals surface area contributed by atoms with Crippen LogP contribution in [0, 0.1) is 5.92 Å². The molecule has 68 valence electrons. The Hall–Kier alpha value is -1.31. The number of carbonyl (C=O) groups is 1. The fourth-order valence-electron chi connectivity index (χ4n) is 1.34. The zero-order chi connectivity index (χ0) is 9.26. The first-order valence-corrected chi connectivity index (χ1v) is 4.49. The zero-order valence-corrected chi connectivity index (χ0v) is 7.62. The number of hydrogen-bond donors (Lipinski definition) is 0. The molecule has 1 aliphatic rings. The number of methoxy groups -OCH3 is 1. The van der Waals surface area contributed by atoms with E-state index in [0.29, 0.717) is 5.92 Å². The van der Waals surface area contributed by atoms with E-state index >= 15 is 0 Å². The van der Waals surface area contributed by atoms with Gasteiger partial charge in [-0.2, -0.15) is 0 Å². The van der Waals surface area contributed by atoms with Crippen molar-refractivity contribution in [2.45, 2.75) is 12.8 Å². The van der Waals surface area contributed by atoms with Gasteiger partial charge in [0, 0.05) is 11.5 Å². The largest absolute Gasteiger partial charge is 0.497 e. The lowest BCUT2D eigenvalue weighted by molar-refractivity contribution is 0.0967. The van der Waals surface area contributed by atoms with Gasteiger partial charge in [0.05, 0.1) is 7.11 Å². The molecule has 2 rings (SSSR count). The average Bonchev–Trinajstić information content (AvgIpc) is 3.00. The summed E-state index contributed by atoms with van der Waals surface area (Å²) in [5, 5.41) is 0. The third-order valence-electron chi connectivity index (χ3n) is 2.32. The Morgan fingerprint density at radius 1 is 1.31 bits per heavy atom. The van der Waals surface area contributed by atoms with Crippen LogP contribution in [-0.4, -0.2) is 12.9 Å². The summed E-state index contributed by atoms with van der Waals surface area (Å²) in [4.78, 5) is 11.6. The molecule has 0 heterocycles. The minimum atomic E-state index is 0.280. The lowest BCUT2D eigenvalue weighted by Gasteiger charge is -2.01. The molecule has 2 nitrogen and oxygen atoms in total. The smallest absolute Gasteiger partial charge is 0.165 e. The van der Waals surface area contributed by atoms with E-state index in [1.165, 1.54) is 0 Å². The van der Waals surface area contributed by atoms with Gasteiger partial charge in [0.25, 0.3) is 0 Å². The van der Waals surface area contributed by atoms with Gasteiger partial charge in [-0.05, 0) is 37.1 Å². The average molecular weight is 176 g/mol. The molecule has 1 aromatic carbocycles. The maximum atomic E-state index is 11.6. The Morgan fingerprint density at radius 2 is 1.92 bits per heavy atom. The summed E-state index contributed by atoms with van der Waals surface area (Å²) < 4.78 is 5.01. The molecule has 0 bridgehead atoms. The first-order chi connectivity index (χ1) is 6.31. The number of rotatable bonds is 3. The molecule has 2 heteroatoms. The molecular formula is C11H12O2. The van der Waals surface area contributed by atoms with Gasteiger partial charge in [-0.25, -0.2) is 0 Å². The first-order valence-electron chi connectivity index (χ1n) is 4.49. The van der Waals surface area contributed by atoms with Gasteiger partial charge in [-0.1, -0.05) is 0 Å². The summed E-state index contributed by atoms with van der Waals surface area (Å²) in [5.41, 5.74) is 0.809. The molecule has 0 atom stereocenters. The Kier molecular flexibility index (Phi) is 2.05. The van der Waals surface area contributed by atoms with Gasteiger partial charge in [0.1, 0.15) is 5.75 Å². The highest BCUT2D eigenvalue weighted by molar-refractivity contribution is 5.99. The van der Waals surface area contributed by atoms with Gasteiger partial charge < -0.3 is 4.74 Å². The van der Waals surface area contributed by atoms with Crippen LogP contribution < -0.4 is 4.74 Å². The van der Waals surface area contributed by atoms with Crippen molar-refractivity contribution in [1.82, 2.24) is 0 Å². The van der Waals surface area contributed by atoms with Crippen LogP contribution in [0.5, 0.6) is 5.75 Å². The first kappa shape index (κ1) is 8.30. The summed E-state index contributed by atoms with van der Waals surface area (Å²) in [7, 11) is 1.62. The fourth-order valence-corrected chi connectivity index (χ4v) is 1.34. The summed E-state index contributed by atoms with van der Waals surface area (Å²) in [6, 6.07) is 7.32. The second-order valence-electron chi connectivity index (χ2n) is 3.37. The molecule has 13 heavy (non-hydrogen) atoms. The third-order valence-corrected chi connectivity index (χ3v) is 2.32. The SMILES string of the molecule is COc1ccc(C(=O)C2CC2)cc1. The second-order valence-corrected chi connectivity index (χ2v) is 3.37. The van der Waals surface area contributed by atoms with Gasteiger partial charge in [0.15, 0.2) is 5.78 Å². The maximum absolute atomic E-state index is 11.6. The van der Waals surface area contributed by atoms with E-state index in [4.69, 9.17) is 4.74 Å². The number of hydrogen-bond acceptors (Lipinski definition) is 2. The van der Waals surface area contributed by atoms with Crippen molar-refractivity contribution in [1.29, 1.82) is 0 Å². The van der Waals surface area contributed by atoms with Gasteiger partial charge in [0.2, 0.25) is 0 Å². The molecule has 0 spiro atoms. The number of carbonyl (C=O) groups excluding carboxylic acids is 1. The van der Waals surface area contributed by atoms with Gasteiger partial charge >= 0.3 is 0 Å². The molecule has 0 amide bonds. The molecule has 0 unspecified atom stereocenters. The Bertz CT molecular complexity index is 309. The predicted molar refractivity (Wildman–Crippen MR) is 50.0 cm³/mol. The highest BCUT2D eigenvalue weighted by atomic mass is 16.5. The van der Waals surface area contributed by atoms with E-state index in [1.54, 1.807) is 7.11 Å². The number of ether oxygens (including phenoxy) is 1. The van der Waals surface area contributed by atoms with E-state index < -0.39 is 0 Å². The highest BCUT2D eigenvalue weighted by Gasteiger charge is 2.30. The minimum absolute atomic E-state index is 0.280. The maximum Gasteiger partial charge on any atom is 0.165 e. The zero-order valence-electron chi connectivity index (χ0n) is 7.62.